The largest absolute Gasteiger partial charge is 0.352 e. The van der Waals surface area contributed by atoms with E-state index in [0.29, 0.717) is 17.8 Å². The Labute approximate surface area is 192 Å². The van der Waals surface area contributed by atoms with Gasteiger partial charge in [-0.1, -0.05) is 31.2 Å². The number of nitrogens with one attached hydrogen (secondary N) is 1. The summed E-state index contributed by atoms with van der Waals surface area (Å²) < 4.78 is 26.1. The molecule has 2 aromatic carbocycles. The lowest BCUT2D eigenvalue weighted by atomic mass is 9.99. The van der Waals surface area contributed by atoms with E-state index in [2.05, 4.69) is 17.1 Å². The van der Waals surface area contributed by atoms with Crippen LogP contribution >= 0.6 is 0 Å². The minimum absolute atomic E-state index is 0.0949. The number of likely N-dealkylation sites (tertiary alicyclic amines) is 1. The number of anilines is 1. The third kappa shape index (κ3) is 7.07. The molecule has 1 aliphatic rings. The van der Waals surface area contributed by atoms with E-state index < -0.39 is 10.0 Å². The first-order valence-electron chi connectivity index (χ1n) is 11.4. The number of aryl methyl sites for hydroxylation is 1. The van der Waals surface area contributed by atoms with Crippen LogP contribution in [-0.4, -0.2) is 51.7 Å². The number of hydrogen-bond donors (Lipinski definition) is 1. The van der Waals surface area contributed by atoms with Crippen molar-refractivity contribution in [1.29, 1.82) is 0 Å². The van der Waals surface area contributed by atoms with Gasteiger partial charge in [0.1, 0.15) is 0 Å². The van der Waals surface area contributed by atoms with Crippen LogP contribution < -0.4 is 9.62 Å². The molecule has 32 heavy (non-hydrogen) atoms. The van der Waals surface area contributed by atoms with Crippen LogP contribution in [0.5, 0.6) is 0 Å². The van der Waals surface area contributed by atoms with Gasteiger partial charge in [-0.2, -0.15) is 0 Å². The van der Waals surface area contributed by atoms with Gasteiger partial charge in [0.05, 0.1) is 18.5 Å². The summed E-state index contributed by atoms with van der Waals surface area (Å²) in [6.07, 6.45) is 4.68. The molecular formula is C25H35N3O3S. The lowest BCUT2D eigenvalue weighted by Crippen LogP contribution is -2.35. The Morgan fingerprint density at radius 1 is 1.12 bits per heavy atom. The first-order chi connectivity index (χ1) is 15.2. The Bertz CT molecular complexity index is 997. The molecular weight excluding hydrogens is 422 g/mol. The number of nitrogens with zero attached hydrogens (tertiary/aromatic N) is 2. The van der Waals surface area contributed by atoms with Gasteiger partial charge >= 0.3 is 0 Å². The third-order valence-corrected chi connectivity index (χ3v) is 7.19. The molecule has 3 rings (SSSR count). The molecule has 1 aliphatic heterocycles. The summed E-state index contributed by atoms with van der Waals surface area (Å²) >= 11 is 0. The fourth-order valence-electron chi connectivity index (χ4n) is 4.00. The maximum Gasteiger partial charge on any atom is 0.251 e. The number of rotatable bonds is 9. The van der Waals surface area contributed by atoms with Crippen molar-refractivity contribution < 1.29 is 13.2 Å². The zero-order valence-electron chi connectivity index (χ0n) is 19.4. The van der Waals surface area contributed by atoms with E-state index in [9.17, 15) is 13.2 Å². The second kappa shape index (κ2) is 11.0. The van der Waals surface area contributed by atoms with E-state index in [-0.39, 0.29) is 12.5 Å². The lowest BCUT2D eigenvalue weighted by Gasteiger charge is -2.30. The van der Waals surface area contributed by atoms with E-state index in [1.165, 1.54) is 23.4 Å². The van der Waals surface area contributed by atoms with Crippen LogP contribution in [0.2, 0.25) is 0 Å². The smallest absolute Gasteiger partial charge is 0.251 e. The summed E-state index contributed by atoms with van der Waals surface area (Å²) in [5.74, 6) is 0.734. The summed E-state index contributed by atoms with van der Waals surface area (Å²) in [6.45, 7) is 8.45. The standard InChI is InChI=1S/C25H35N3O3S/c1-20-12-16-27(17-13-20)15-5-14-26-25(29)23-10-8-22(9-11-23)19-28(32(3,30)31)24-7-4-6-21(2)18-24/h4,6-11,18,20H,5,12-17,19H2,1-3H3,(H,26,29). The van der Waals surface area contributed by atoms with E-state index >= 15 is 0 Å². The van der Waals surface area contributed by atoms with Crippen molar-refractivity contribution in [3.8, 4) is 0 Å². The second-order valence-electron chi connectivity index (χ2n) is 8.94. The monoisotopic (exact) mass is 457 g/mol. The number of amides is 1. The van der Waals surface area contributed by atoms with Crippen LogP contribution in [0, 0.1) is 12.8 Å². The second-order valence-corrected chi connectivity index (χ2v) is 10.8. The zero-order chi connectivity index (χ0) is 23.1. The highest BCUT2D eigenvalue weighted by molar-refractivity contribution is 7.92. The molecule has 1 amide bonds. The lowest BCUT2D eigenvalue weighted by molar-refractivity contribution is 0.0950. The molecule has 0 aromatic heterocycles. The van der Waals surface area contributed by atoms with Gasteiger partial charge in [0, 0.05) is 12.1 Å². The average molecular weight is 458 g/mol. The highest BCUT2D eigenvalue weighted by Gasteiger charge is 2.18. The van der Waals surface area contributed by atoms with Gasteiger partial charge in [-0.05, 0) is 87.1 Å². The van der Waals surface area contributed by atoms with Gasteiger partial charge in [-0.15, -0.1) is 0 Å². The number of sulfonamides is 1. The molecule has 1 saturated heterocycles. The van der Waals surface area contributed by atoms with Crippen LogP contribution in [0.3, 0.4) is 0 Å². The van der Waals surface area contributed by atoms with Gasteiger partial charge in [-0.25, -0.2) is 8.42 Å². The van der Waals surface area contributed by atoms with Crippen LogP contribution in [-0.2, 0) is 16.6 Å². The van der Waals surface area contributed by atoms with Crippen LogP contribution in [0.4, 0.5) is 5.69 Å². The molecule has 0 bridgehead atoms. The number of carbonyl (C=O) groups is 1. The summed E-state index contributed by atoms with van der Waals surface area (Å²) in [5, 5.41) is 2.99. The van der Waals surface area contributed by atoms with Gasteiger partial charge in [0.15, 0.2) is 0 Å². The molecule has 1 N–H and O–H groups in total. The third-order valence-electron chi connectivity index (χ3n) is 6.05. The number of hydrogen-bond acceptors (Lipinski definition) is 4. The molecule has 1 heterocycles. The first kappa shape index (κ1) is 24.3. The van der Waals surface area contributed by atoms with Crippen LogP contribution in [0.15, 0.2) is 48.5 Å². The molecule has 1 fully saturated rings. The molecule has 0 atom stereocenters. The SMILES string of the molecule is Cc1cccc(N(Cc2ccc(C(=O)NCCCN3CCC(C)CC3)cc2)S(C)(=O)=O)c1. The minimum Gasteiger partial charge on any atom is -0.352 e. The highest BCUT2D eigenvalue weighted by atomic mass is 32.2. The van der Waals surface area contributed by atoms with Crippen molar-refractivity contribution in [2.75, 3.05) is 36.7 Å². The average Bonchev–Trinajstić information content (AvgIpc) is 2.76. The van der Waals surface area contributed by atoms with Crippen molar-refractivity contribution in [1.82, 2.24) is 10.2 Å². The van der Waals surface area contributed by atoms with Crippen LogP contribution in [0.25, 0.3) is 0 Å². The van der Waals surface area contributed by atoms with Crippen molar-refractivity contribution in [3.05, 3.63) is 65.2 Å². The number of benzene rings is 2. The van der Waals surface area contributed by atoms with Crippen molar-refractivity contribution in [2.24, 2.45) is 5.92 Å². The molecule has 7 heteroatoms. The van der Waals surface area contributed by atoms with E-state index in [1.54, 1.807) is 18.2 Å². The molecule has 0 unspecified atom stereocenters. The molecule has 0 saturated carbocycles. The zero-order valence-corrected chi connectivity index (χ0v) is 20.2. The maximum absolute atomic E-state index is 12.5. The molecule has 6 nitrogen and oxygen atoms in total. The fourth-order valence-corrected chi connectivity index (χ4v) is 4.88. The number of piperidine rings is 1. The molecule has 0 spiro atoms. The van der Waals surface area contributed by atoms with Crippen molar-refractivity contribution in [3.63, 3.8) is 0 Å². The van der Waals surface area contributed by atoms with E-state index in [1.807, 2.05) is 37.3 Å². The van der Waals surface area contributed by atoms with Gasteiger partial charge in [0.2, 0.25) is 10.0 Å². The predicted octanol–water partition coefficient (Wildman–Crippen LogP) is 3.81. The fraction of sp³-hybridized carbons (Fsp3) is 0.480. The Hall–Kier alpha value is -2.38. The van der Waals surface area contributed by atoms with E-state index in [4.69, 9.17) is 0 Å². The van der Waals surface area contributed by atoms with Crippen LogP contribution in [0.1, 0.15) is 47.7 Å². The van der Waals surface area contributed by atoms with Gasteiger partial charge in [0.25, 0.3) is 5.91 Å². The summed E-state index contributed by atoms with van der Waals surface area (Å²) in [4.78, 5) is 14.9. The summed E-state index contributed by atoms with van der Waals surface area (Å²) in [7, 11) is -3.44. The predicted molar refractivity (Wildman–Crippen MR) is 130 cm³/mol. The Morgan fingerprint density at radius 2 is 1.81 bits per heavy atom. The molecule has 2 aromatic rings. The Balaban J connectivity index is 1.52. The molecule has 174 valence electrons. The van der Waals surface area contributed by atoms with Crippen molar-refractivity contribution in [2.45, 2.75) is 39.7 Å². The minimum atomic E-state index is -3.44. The van der Waals surface area contributed by atoms with Crippen molar-refractivity contribution >= 4 is 21.6 Å². The summed E-state index contributed by atoms with van der Waals surface area (Å²) in [6, 6.07) is 14.6. The summed E-state index contributed by atoms with van der Waals surface area (Å²) in [5.41, 5.74) is 3.05. The highest BCUT2D eigenvalue weighted by Crippen LogP contribution is 2.22. The number of carbonyl (C=O) groups excluding carboxylic acids is 1. The topological polar surface area (TPSA) is 69.7 Å². The maximum atomic E-state index is 12.5. The quantitative estimate of drug-likeness (QED) is 0.582. The Kier molecular flexibility index (Phi) is 8.32. The van der Waals surface area contributed by atoms with Gasteiger partial charge < -0.3 is 10.2 Å². The van der Waals surface area contributed by atoms with E-state index in [0.717, 1.165) is 43.1 Å². The molecule has 0 aliphatic carbocycles. The van der Waals surface area contributed by atoms with Gasteiger partial charge in [-0.3, -0.25) is 9.10 Å². The molecule has 0 radical (unpaired) electrons. The first-order valence-corrected chi connectivity index (χ1v) is 13.2. The Morgan fingerprint density at radius 3 is 2.44 bits per heavy atom. The normalized spacial score (nSPS) is 15.5.